The minimum absolute atomic E-state index is 0.107. The zero-order valence-corrected chi connectivity index (χ0v) is 14.4. The van der Waals surface area contributed by atoms with Gasteiger partial charge in [0.05, 0.1) is 11.4 Å². The average Bonchev–Trinajstić information content (AvgIpc) is 3.10. The van der Waals surface area contributed by atoms with Crippen molar-refractivity contribution in [1.82, 2.24) is 9.78 Å². The molecule has 0 fully saturated rings. The average molecular weight is 342 g/mol. The van der Waals surface area contributed by atoms with Crippen LogP contribution in [0.4, 0.5) is 0 Å². The Morgan fingerprint density at radius 3 is 2.46 bits per heavy atom. The van der Waals surface area contributed by atoms with Gasteiger partial charge < -0.3 is 5.73 Å². The maximum Gasteiger partial charge on any atom is 0.259 e. The van der Waals surface area contributed by atoms with Crippen LogP contribution < -0.4 is 5.73 Å². The van der Waals surface area contributed by atoms with E-state index in [4.69, 9.17) is 11.0 Å². The molecule has 0 aliphatic carbocycles. The van der Waals surface area contributed by atoms with Gasteiger partial charge in [0.1, 0.15) is 11.6 Å². The van der Waals surface area contributed by atoms with Crippen molar-refractivity contribution in [3.8, 4) is 23.0 Å². The molecule has 0 bridgehead atoms. The molecule has 1 aromatic heterocycles. The zero-order chi connectivity index (χ0) is 18.5. The third kappa shape index (κ3) is 3.55. The zero-order valence-electron chi connectivity index (χ0n) is 14.4. The molecule has 0 radical (unpaired) electrons. The van der Waals surface area contributed by atoms with Crippen LogP contribution in [-0.2, 0) is 11.2 Å². The van der Waals surface area contributed by atoms with Gasteiger partial charge in [-0.15, -0.1) is 0 Å². The maximum absolute atomic E-state index is 11.4. The number of hydrogen-bond donors (Lipinski definition) is 1. The van der Waals surface area contributed by atoms with Crippen LogP contribution in [0, 0.1) is 11.3 Å². The van der Waals surface area contributed by atoms with Gasteiger partial charge in [-0.2, -0.15) is 10.4 Å². The van der Waals surface area contributed by atoms with E-state index < -0.39 is 5.91 Å². The summed E-state index contributed by atoms with van der Waals surface area (Å²) in [4.78, 5) is 11.4. The van der Waals surface area contributed by atoms with E-state index in [-0.39, 0.29) is 5.57 Å². The molecule has 2 aromatic carbocycles. The Morgan fingerprint density at radius 1 is 1.19 bits per heavy atom. The number of aromatic nitrogens is 2. The van der Waals surface area contributed by atoms with Crippen LogP contribution in [0.15, 0.2) is 66.4 Å². The van der Waals surface area contributed by atoms with Crippen LogP contribution in [0.5, 0.6) is 0 Å². The number of aryl methyl sites for hydroxylation is 1. The molecule has 0 atom stereocenters. The Balaban J connectivity index is 2.15. The van der Waals surface area contributed by atoms with Crippen molar-refractivity contribution in [3.05, 3.63) is 77.5 Å². The maximum atomic E-state index is 11.4. The second kappa shape index (κ2) is 7.49. The number of amides is 1. The van der Waals surface area contributed by atoms with Gasteiger partial charge in [0.25, 0.3) is 5.91 Å². The van der Waals surface area contributed by atoms with E-state index in [9.17, 15) is 4.79 Å². The molecule has 0 unspecified atom stereocenters. The van der Waals surface area contributed by atoms with Gasteiger partial charge in [0, 0.05) is 17.3 Å². The van der Waals surface area contributed by atoms with E-state index in [1.807, 2.05) is 60.7 Å². The van der Waals surface area contributed by atoms with Crippen molar-refractivity contribution < 1.29 is 4.79 Å². The van der Waals surface area contributed by atoms with Gasteiger partial charge in [-0.3, -0.25) is 4.79 Å². The minimum Gasteiger partial charge on any atom is -0.365 e. The van der Waals surface area contributed by atoms with Crippen molar-refractivity contribution in [3.63, 3.8) is 0 Å². The highest BCUT2D eigenvalue weighted by Crippen LogP contribution is 2.26. The number of hydrogen-bond acceptors (Lipinski definition) is 3. The number of benzene rings is 2. The van der Waals surface area contributed by atoms with Gasteiger partial charge in [0.2, 0.25) is 0 Å². The number of nitrogens with zero attached hydrogens (tertiary/aromatic N) is 3. The SMILES string of the molecule is CCc1ccc(-c2nn(-c3ccccc3)cc2/C=C(\C#N)C(N)=O)cc1. The lowest BCUT2D eigenvalue weighted by Crippen LogP contribution is -2.12. The molecule has 3 aromatic rings. The molecule has 1 heterocycles. The molecule has 128 valence electrons. The van der Waals surface area contributed by atoms with E-state index in [0.717, 1.165) is 17.7 Å². The van der Waals surface area contributed by atoms with Crippen LogP contribution in [0.25, 0.3) is 23.0 Å². The number of para-hydroxylation sites is 1. The van der Waals surface area contributed by atoms with Crippen LogP contribution in [-0.4, -0.2) is 15.7 Å². The summed E-state index contributed by atoms with van der Waals surface area (Å²) in [7, 11) is 0. The summed E-state index contributed by atoms with van der Waals surface area (Å²) in [6.45, 7) is 2.10. The fourth-order valence-corrected chi connectivity index (χ4v) is 2.64. The normalized spacial score (nSPS) is 11.2. The van der Waals surface area contributed by atoms with Crippen molar-refractivity contribution in [2.45, 2.75) is 13.3 Å². The summed E-state index contributed by atoms with van der Waals surface area (Å²) >= 11 is 0. The van der Waals surface area contributed by atoms with Gasteiger partial charge in [-0.25, -0.2) is 4.68 Å². The number of primary amides is 1. The first kappa shape index (κ1) is 17.2. The molecular formula is C21H18N4O. The molecule has 5 nitrogen and oxygen atoms in total. The Labute approximate surface area is 152 Å². The first-order chi connectivity index (χ1) is 12.6. The van der Waals surface area contributed by atoms with Gasteiger partial charge in [-0.1, -0.05) is 49.4 Å². The Bertz CT molecular complexity index is 993. The Kier molecular flexibility index (Phi) is 4.95. The van der Waals surface area contributed by atoms with Gasteiger partial charge in [0.15, 0.2) is 0 Å². The third-order valence-electron chi connectivity index (χ3n) is 4.08. The highest BCUT2D eigenvalue weighted by atomic mass is 16.1. The second-order valence-electron chi connectivity index (χ2n) is 5.80. The summed E-state index contributed by atoms with van der Waals surface area (Å²) in [6.07, 6.45) is 4.22. The molecule has 0 aliphatic heterocycles. The van der Waals surface area contributed by atoms with Crippen molar-refractivity contribution in [2.75, 3.05) is 0 Å². The van der Waals surface area contributed by atoms with Crippen molar-refractivity contribution in [2.24, 2.45) is 5.73 Å². The van der Waals surface area contributed by atoms with Crippen LogP contribution >= 0.6 is 0 Å². The minimum atomic E-state index is -0.757. The summed E-state index contributed by atoms with van der Waals surface area (Å²) in [6, 6.07) is 19.6. The quantitative estimate of drug-likeness (QED) is 0.569. The summed E-state index contributed by atoms with van der Waals surface area (Å²) in [5.74, 6) is -0.757. The molecule has 5 heteroatoms. The fourth-order valence-electron chi connectivity index (χ4n) is 2.64. The number of nitrogens with two attached hydrogens (primary N) is 1. The van der Waals surface area contributed by atoms with Crippen molar-refractivity contribution >= 4 is 12.0 Å². The molecule has 2 N–H and O–H groups in total. The van der Waals surface area contributed by atoms with Crippen molar-refractivity contribution in [1.29, 1.82) is 5.26 Å². The molecular weight excluding hydrogens is 324 g/mol. The summed E-state index contributed by atoms with van der Waals surface area (Å²) in [5.41, 5.74) is 9.54. The number of carbonyl (C=O) groups excluding carboxylic acids is 1. The van der Waals surface area contributed by atoms with E-state index >= 15 is 0 Å². The van der Waals surface area contributed by atoms with Crippen LogP contribution in [0.3, 0.4) is 0 Å². The lowest BCUT2D eigenvalue weighted by atomic mass is 10.0. The predicted molar refractivity (Wildman–Crippen MR) is 101 cm³/mol. The molecule has 1 amide bonds. The topological polar surface area (TPSA) is 84.7 Å². The van der Waals surface area contributed by atoms with E-state index in [1.165, 1.54) is 11.6 Å². The number of nitriles is 1. The van der Waals surface area contributed by atoms with Crippen LogP contribution in [0.2, 0.25) is 0 Å². The van der Waals surface area contributed by atoms with E-state index in [1.54, 1.807) is 10.9 Å². The highest BCUT2D eigenvalue weighted by molar-refractivity contribution is 6.01. The molecule has 0 spiro atoms. The number of rotatable bonds is 5. The first-order valence-corrected chi connectivity index (χ1v) is 8.28. The Hall–Kier alpha value is -3.65. The standard InChI is InChI=1S/C21H18N4O/c1-2-15-8-10-16(11-9-15)20-18(12-17(13-22)21(23)26)14-25(24-20)19-6-4-3-5-7-19/h3-12,14H,2H2,1H3,(H2,23,26)/b17-12+. The van der Waals surface area contributed by atoms with Gasteiger partial charge in [-0.05, 0) is 30.2 Å². The number of carbonyl (C=O) groups is 1. The molecule has 3 rings (SSSR count). The van der Waals surface area contributed by atoms with Crippen LogP contribution in [0.1, 0.15) is 18.1 Å². The monoisotopic (exact) mass is 342 g/mol. The second-order valence-corrected chi connectivity index (χ2v) is 5.80. The molecule has 26 heavy (non-hydrogen) atoms. The molecule has 0 saturated carbocycles. The molecule has 0 aliphatic rings. The lowest BCUT2D eigenvalue weighted by molar-refractivity contribution is -0.114. The summed E-state index contributed by atoms with van der Waals surface area (Å²) in [5, 5.41) is 13.8. The predicted octanol–water partition coefficient (Wildman–Crippen LogP) is 3.49. The highest BCUT2D eigenvalue weighted by Gasteiger charge is 2.13. The molecule has 0 saturated heterocycles. The first-order valence-electron chi connectivity index (χ1n) is 8.28. The fraction of sp³-hybridized carbons (Fsp3) is 0.0952. The third-order valence-corrected chi connectivity index (χ3v) is 4.08. The lowest BCUT2D eigenvalue weighted by Gasteiger charge is -2.02. The Morgan fingerprint density at radius 2 is 1.88 bits per heavy atom. The van der Waals surface area contributed by atoms with E-state index in [2.05, 4.69) is 12.0 Å². The largest absolute Gasteiger partial charge is 0.365 e. The van der Waals surface area contributed by atoms with E-state index in [0.29, 0.717) is 11.3 Å². The van der Waals surface area contributed by atoms with Gasteiger partial charge >= 0.3 is 0 Å². The summed E-state index contributed by atoms with van der Waals surface area (Å²) < 4.78 is 1.73. The smallest absolute Gasteiger partial charge is 0.259 e.